The highest BCUT2D eigenvalue weighted by molar-refractivity contribution is 5.85. The van der Waals surface area contributed by atoms with Crippen molar-refractivity contribution in [2.45, 2.75) is 32.1 Å². The summed E-state index contributed by atoms with van der Waals surface area (Å²) in [6.45, 7) is 0.263. The SMILES string of the molecule is CN(C)C(=O)CCNC(=O)[C@@H]1CCCC[C@@H]1C(=O)O. The average molecular weight is 270 g/mol. The minimum Gasteiger partial charge on any atom is -0.481 e. The zero-order valence-corrected chi connectivity index (χ0v) is 11.5. The van der Waals surface area contributed by atoms with Gasteiger partial charge in [-0.15, -0.1) is 0 Å². The third-order valence-corrected chi connectivity index (χ3v) is 3.56. The van der Waals surface area contributed by atoms with Gasteiger partial charge in [-0.3, -0.25) is 14.4 Å². The molecule has 6 nitrogen and oxygen atoms in total. The van der Waals surface area contributed by atoms with Crippen LogP contribution in [0.15, 0.2) is 0 Å². The summed E-state index contributed by atoms with van der Waals surface area (Å²) in [6.07, 6.45) is 3.16. The van der Waals surface area contributed by atoms with Crippen molar-refractivity contribution in [2.75, 3.05) is 20.6 Å². The molecule has 1 aliphatic rings. The van der Waals surface area contributed by atoms with E-state index in [1.165, 1.54) is 4.90 Å². The van der Waals surface area contributed by atoms with Crippen molar-refractivity contribution in [3.8, 4) is 0 Å². The maximum absolute atomic E-state index is 12.0. The molecule has 0 aliphatic heterocycles. The Kier molecular flexibility index (Phi) is 5.79. The first kappa shape index (κ1) is 15.5. The van der Waals surface area contributed by atoms with E-state index in [-0.39, 0.29) is 24.8 Å². The van der Waals surface area contributed by atoms with Gasteiger partial charge in [0.1, 0.15) is 0 Å². The lowest BCUT2D eigenvalue weighted by atomic mass is 9.78. The lowest BCUT2D eigenvalue weighted by molar-refractivity contribution is -0.149. The Morgan fingerprint density at radius 1 is 1.16 bits per heavy atom. The van der Waals surface area contributed by atoms with Gasteiger partial charge in [0.15, 0.2) is 0 Å². The summed E-state index contributed by atoms with van der Waals surface area (Å²) >= 11 is 0. The monoisotopic (exact) mass is 270 g/mol. The van der Waals surface area contributed by atoms with E-state index >= 15 is 0 Å². The average Bonchev–Trinajstić information content (AvgIpc) is 2.38. The van der Waals surface area contributed by atoms with Gasteiger partial charge in [-0.25, -0.2) is 0 Å². The van der Waals surface area contributed by atoms with Crippen LogP contribution in [0.5, 0.6) is 0 Å². The fourth-order valence-corrected chi connectivity index (χ4v) is 2.39. The maximum atomic E-state index is 12.0. The smallest absolute Gasteiger partial charge is 0.307 e. The van der Waals surface area contributed by atoms with Gasteiger partial charge < -0.3 is 15.3 Å². The normalized spacial score (nSPS) is 22.6. The van der Waals surface area contributed by atoms with Crippen LogP contribution in [-0.2, 0) is 14.4 Å². The van der Waals surface area contributed by atoms with Crippen molar-refractivity contribution in [2.24, 2.45) is 11.8 Å². The highest BCUT2D eigenvalue weighted by atomic mass is 16.4. The summed E-state index contributed by atoms with van der Waals surface area (Å²) < 4.78 is 0. The topological polar surface area (TPSA) is 86.7 Å². The summed E-state index contributed by atoms with van der Waals surface area (Å²) in [6, 6.07) is 0. The zero-order valence-electron chi connectivity index (χ0n) is 11.5. The molecule has 1 rings (SSSR count). The standard InChI is InChI=1S/C13H22N2O4/c1-15(2)11(16)7-8-14-12(17)9-5-3-4-6-10(9)13(18)19/h9-10H,3-8H2,1-2H3,(H,14,17)(H,18,19)/t9-,10+/m1/s1. The number of nitrogens with zero attached hydrogens (tertiary/aromatic N) is 1. The molecule has 0 saturated heterocycles. The fourth-order valence-electron chi connectivity index (χ4n) is 2.39. The molecule has 2 atom stereocenters. The van der Waals surface area contributed by atoms with Crippen LogP contribution >= 0.6 is 0 Å². The number of carbonyl (C=O) groups is 3. The van der Waals surface area contributed by atoms with Gasteiger partial charge in [-0.1, -0.05) is 12.8 Å². The van der Waals surface area contributed by atoms with E-state index in [1.54, 1.807) is 14.1 Å². The molecule has 0 radical (unpaired) electrons. The number of carbonyl (C=O) groups excluding carboxylic acids is 2. The number of amides is 2. The Balaban J connectivity index is 2.43. The Labute approximate surface area is 113 Å². The van der Waals surface area contributed by atoms with Crippen LogP contribution in [0.25, 0.3) is 0 Å². The van der Waals surface area contributed by atoms with Crippen molar-refractivity contribution in [1.82, 2.24) is 10.2 Å². The van der Waals surface area contributed by atoms with Crippen molar-refractivity contribution in [1.29, 1.82) is 0 Å². The van der Waals surface area contributed by atoms with Gasteiger partial charge in [-0.2, -0.15) is 0 Å². The van der Waals surface area contributed by atoms with Gasteiger partial charge in [0.05, 0.1) is 11.8 Å². The Bertz CT molecular complexity index is 355. The van der Waals surface area contributed by atoms with Crippen LogP contribution in [0.4, 0.5) is 0 Å². The third-order valence-electron chi connectivity index (χ3n) is 3.56. The summed E-state index contributed by atoms with van der Waals surface area (Å²) in [4.78, 5) is 35.9. The largest absolute Gasteiger partial charge is 0.481 e. The summed E-state index contributed by atoms with van der Waals surface area (Å²) in [5.74, 6) is -2.24. The van der Waals surface area contributed by atoms with Crippen LogP contribution in [0.1, 0.15) is 32.1 Å². The van der Waals surface area contributed by atoms with E-state index in [0.29, 0.717) is 12.8 Å². The molecule has 2 amide bonds. The number of hydrogen-bond acceptors (Lipinski definition) is 3. The summed E-state index contributed by atoms with van der Waals surface area (Å²) in [7, 11) is 3.32. The summed E-state index contributed by atoms with van der Waals surface area (Å²) in [5.41, 5.74) is 0. The molecule has 19 heavy (non-hydrogen) atoms. The van der Waals surface area contributed by atoms with E-state index in [1.807, 2.05) is 0 Å². The van der Waals surface area contributed by atoms with E-state index in [4.69, 9.17) is 5.11 Å². The molecular formula is C13H22N2O4. The quantitative estimate of drug-likeness (QED) is 0.760. The maximum Gasteiger partial charge on any atom is 0.307 e. The molecular weight excluding hydrogens is 248 g/mol. The molecule has 2 N–H and O–H groups in total. The van der Waals surface area contributed by atoms with Gasteiger partial charge >= 0.3 is 5.97 Å². The van der Waals surface area contributed by atoms with E-state index in [0.717, 1.165) is 12.8 Å². The Hall–Kier alpha value is -1.59. The van der Waals surface area contributed by atoms with Gasteiger partial charge in [0.25, 0.3) is 0 Å². The molecule has 0 spiro atoms. The molecule has 0 aromatic heterocycles. The molecule has 108 valence electrons. The number of carboxylic acids is 1. The number of carboxylic acid groups (broad SMARTS) is 1. The predicted octanol–water partition coefficient (Wildman–Crippen LogP) is 0.472. The zero-order chi connectivity index (χ0) is 14.4. The number of hydrogen-bond donors (Lipinski definition) is 2. The van der Waals surface area contributed by atoms with Crippen molar-refractivity contribution in [3.05, 3.63) is 0 Å². The van der Waals surface area contributed by atoms with Gasteiger partial charge in [0.2, 0.25) is 11.8 Å². The summed E-state index contributed by atoms with van der Waals surface area (Å²) in [5, 5.41) is 11.8. The number of nitrogens with one attached hydrogen (secondary N) is 1. The first-order valence-corrected chi connectivity index (χ1v) is 6.64. The Morgan fingerprint density at radius 3 is 2.26 bits per heavy atom. The second kappa shape index (κ2) is 7.11. The van der Waals surface area contributed by atoms with Crippen molar-refractivity contribution < 1.29 is 19.5 Å². The van der Waals surface area contributed by atoms with E-state index in [9.17, 15) is 14.4 Å². The van der Waals surface area contributed by atoms with Gasteiger partial charge in [0, 0.05) is 27.1 Å². The molecule has 1 fully saturated rings. The van der Waals surface area contributed by atoms with Gasteiger partial charge in [-0.05, 0) is 12.8 Å². The van der Waals surface area contributed by atoms with Crippen LogP contribution in [0.2, 0.25) is 0 Å². The molecule has 0 aromatic carbocycles. The molecule has 1 saturated carbocycles. The van der Waals surface area contributed by atoms with Crippen molar-refractivity contribution in [3.63, 3.8) is 0 Å². The molecule has 1 aliphatic carbocycles. The van der Waals surface area contributed by atoms with Crippen LogP contribution in [-0.4, -0.2) is 48.4 Å². The lowest BCUT2D eigenvalue weighted by Crippen LogP contribution is -2.40. The number of rotatable bonds is 5. The van der Waals surface area contributed by atoms with Crippen LogP contribution in [0.3, 0.4) is 0 Å². The van der Waals surface area contributed by atoms with E-state index < -0.39 is 17.8 Å². The number of aliphatic carboxylic acids is 1. The second-order valence-corrected chi connectivity index (χ2v) is 5.16. The molecule has 0 bridgehead atoms. The molecule has 0 heterocycles. The minimum absolute atomic E-state index is 0.0567. The van der Waals surface area contributed by atoms with E-state index in [2.05, 4.69) is 5.32 Å². The van der Waals surface area contributed by atoms with Crippen molar-refractivity contribution >= 4 is 17.8 Å². The fraction of sp³-hybridized carbons (Fsp3) is 0.769. The third kappa shape index (κ3) is 4.54. The van der Waals surface area contributed by atoms with Crippen LogP contribution in [0, 0.1) is 11.8 Å². The first-order chi connectivity index (χ1) is 8.93. The van der Waals surface area contributed by atoms with Crippen LogP contribution < -0.4 is 5.32 Å². The first-order valence-electron chi connectivity index (χ1n) is 6.64. The lowest BCUT2D eigenvalue weighted by Gasteiger charge is -2.27. The second-order valence-electron chi connectivity index (χ2n) is 5.16. The highest BCUT2D eigenvalue weighted by Gasteiger charge is 2.35. The minimum atomic E-state index is -0.899. The molecule has 0 aromatic rings. The molecule has 6 heteroatoms. The Morgan fingerprint density at radius 2 is 1.74 bits per heavy atom. The highest BCUT2D eigenvalue weighted by Crippen LogP contribution is 2.30. The predicted molar refractivity (Wildman–Crippen MR) is 69.4 cm³/mol. The molecule has 0 unspecified atom stereocenters.